The maximum Gasteiger partial charge on any atom is 0.119 e. The van der Waals surface area contributed by atoms with Crippen molar-refractivity contribution < 1.29 is 9.47 Å². The van der Waals surface area contributed by atoms with Gasteiger partial charge in [-0.1, -0.05) is 6.92 Å². The zero-order valence-corrected chi connectivity index (χ0v) is 10.5. The Morgan fingerprint density at radius 1 is 0.938 bits per heavy atom. The summed E-state index contributed by atoms with van der Waals surface area (Å²) in [7, 11) is 0. The fourth-order valence-corrected chi connectivity index (χ4v) is 1.43. The Balaban J connectivity index is 2.27. The number of benzene rings is 1. The number of hydrogen-bond donors (Lipinski definition) is 0. The van der Waals surface area contributed by atoms with Gasteiger partial charge >= 0.3 is 0 Å². The number of unbranched alkanes of at least 4 members (excludes halogenated alkanes) is 1. The van der Waals surface area contributed by atoms with E-state index in [1.54, 1.807) is 0 Å². The van der Waals surface area contributed by atoms with Gasteiger partial charge in [0.15, 0.2) is 0 Å². The van der Waals surface area contributed by atoms with Crippen molar-refractivity contribution in [3.8, 4) is 11.5 Å². The first-order chi connectivity index (χ1) is 7.86. The van der Waals surface area contributed by atoms with Gasteiger partial charge in [-0.05, 0) is 43.5 Å². The molecule has 0 saturated heterocycles. The van der Waals surface area contributed by atoms with Crippen LogP contribution in [0.3, 0.4) is 0 Å². The molecule has 0 aliphatic rings. The Kier molecular flexibility index (Phi) is 6.82. The van der Waals surface area contributed by atoms with Gasteiger partial charge in [0.25, 0.3) is 0 Å². The lowest BCUT2D eigenvalue weighted by Crippen LogP contribution is -1.98. The molecule has 16 heavy (non-hydrogen) atoms. The molecule has 0 saturated carbocycles. The van der Waals surface area contributed by atoms with E-state index < -0.39 is 0 Å². The van der Waals surface area contributed by atoms with Gasteiger partial charge in [0.05, 0.1) is 13.2 Å². The molecule has 0 heterocycles. The molecule has 0 radical (unpaired) electrons. The first-order valence-electron chi connectivity index (χ1n) is 5.78. The van der Waals surface area contributed by atoms with Gasteiger partial charge in [-0.3, -0.25) is 0 Å². The fraction of sp³-hybridized carbons (Fsp3) is 0.538. The summed E-state index contributed by atoms with van der Waals surface area (Å²) in [6, 6.07) is 7.75. The molecule has 3 heteroatoms. The van der Waals surface area contributed by atoms with E-state index >= 15 is 0 Å². The van der Waals surface area contributed by atoms with E-state index in [2.05, 4.69) is 6.92 Å². The molecule has 2 nitrogen and oxygen atoms in total. The SMILES string of the molecule is CCCOc1ccc(OCCCCCl)cc1. The zero-order valence-electron chi connectivity index (χ0n) is 9.75. The Morgan fingerprint density at radius 3 is 2.00 bits per heavy atom. The predicted molar refractivity (Wildman–Crippen MR) is 67.7 cm³/mol. The third-order valence-corrected chi connectivity index (χ3v) is 2.36. The summed E-state index contributed by atoms with van der Waals surface area (Å²) in [4.78, 5) is 0. The standard InChI is InChI=1S/C13H19ClO2/c1-2-10-15-12-5-7-13(8-6-12)16-11-4-3-9-14/h5-8H,2-4,9-11H2,1H3. The normalized spacial score (nSPS) is 10.1. The first kappa shape index (κ1) is 13.2. The molecule has 0 aliphatic carbocycles. The van der Waals surface area contributed by atoms with Crippen molar-refractivity contribution in [3.63, 3.8) is 0 Å². The van der Waals surface area contributed by atoms with Crippen molar-refractivity contribution in [1.29, 1.82) is 0 Å². The van der Waals surface area contributed by atoms with Gasteiger partial charge in [-0.2, -0.15) is 0 Å². The Bertz CT molecular complexity index is 272. The van der Waals surface area contributed by atoms with Crippen LogP contribution in [-0.2, 0) is 0 Å². The third kappa shape index (κ3) is 5.26. The van der Waals surface area contributed by atoms with Gasteiger partial charge in [0, 0.05) is 5.88 Å². The molecule has 0 aliphatic heterocycles. The lowest BCUT2D eigenvalue weighted by Gasteiger charge is -2.07. The summed E-state index contributed by atoms with van der Waals surface area (Å²) < 4.78 is 11.0. The zero-order chi connectivity index (χ0) is 11.6. The molecular weight excluding hydrogens is 224 g/mol. The second kappa shape index (κ2) is 8.28. The Morgan fingerprint density at radius 2 is 1.50 bits per heavy atom. The van der Waals surface area contributed by atoms with Crippen LogP contribution in [0.25, 0.3) is 0 Å². The Hall–Kier alpha value is -0.890. The van der Waals surface area contributed by atoms with E-state index in [-0.39, 0.29) is 0 Å². The highest BCUT2D eigenvalue weighted by Crippen LogP contribution is 2.17. The summed E-state index contributed by atoms with van der Waals surface area (Å²) in [5.74, 6) is 2.49. The van der Waals surface area contributed by atoms with Crippen molar-refractivity contribution in [1.82, 2.24) is 0 Å². The van der Waals surface area contributed by atoms with Crippen LogP contribution in [0.5, 0.6) is 11.5 Å². The van der Waals surface area contributed by atoms with E-state index in [1.807, 2.05) is 24.3 Å². The molecule has 0 bridgehead atoms. The quantitative estimate of drug-likeness (QED) is 0.509. The second-order valence-electron chi connectivity index (χ2n) is 3.56. The van der Waals surface area contributed by atoms with Crippen LogP contribution in [0.15, 0.2) is 24.3 Å². The number of rotatable bonds is 8. The van der Waals surface area contributed by atoms with Gasteiger partial charge in [0.2, 0.25) is 0 Å². The van der Waals surface area contributed by atoms with Crippen molar-refractivity contribution in [2.75, 3.05) is 19.1 Å². The van der Waals surface area contributed by atoms with Crippen LogP contribution >= 0.6 is 11.6 Å². The second-order valence-corrected chi connectivity index (χ2v) is 3.94. The van der Waals surface area contributed by atoms with Crippen molar-refractivity contribution in [2.45, 2.75) is 26.2 Å². The van der Waals surface area contributed by atoms with Crippen LogP contribution in [-0.4, -0.2) is 19.1 Å². The highest BCUT2D eigenvalue weighted by Gasteiger charge is 1.96. The summed E-state index contributed by atoms with van der Waals surface area (Å²) in [6.45, 7) is 3.58. The molecule has 0 aromatic heterocycles. The highest BCUT2D eigenvalue weighted by molar-refractivity contribution is 6.17. The summed E-state index contributed by atoms with van der Waals surface area (Å²) >= 11 is 5.58. The number of alkyl halides is 1. The lowest BCUT2D eigenvalue weighted by atomic mass is 10.3. The molecule has 1 aromatic rings. The van der Waals surface area contributed by atoms with Crippen molar-refractivity contribution in [2.24, 2.45) is 0 Å². The molecule has 0 amide bonds. The summed E-state index contributed by atoms with van der Waals surface area (Å²) in [5.41, 5.74) is 0. The minimum absolute atomic E-state index is 0.702. The largest absolute Gasteiger partial charge is 0.494 e. The molecule has 0 spiro atoms. The van der Waals surface area contributed by atoms with E-state index in [1.165, 1.54) is 0 Å². The lowest BCUT2D eigenvalue weighted by molar-refractivity contribution is 0.304. The van der Waals surface area contributed by atoms with Gasteiger partial charge in [-0.25, -0.2) is 0 Å². The molecular formula is C13H19ClO2. The molecule has 0 atom stereocenters. The van der Waals surface area contributed by atoms with Crippen molar-refractivity contribution in [3.05, 3.63) is 24.3 Å². The summed E-state index contributed by atoms with van der Waals surface area (Å²) in [6.07, 6.45) is 3.02. The molecule has 1 rings (SSSR count). The number of hydrogen-bond acceptors (Lipinski definition) is 2. The average molecular weight is 243 g/mol. The minimum Gasteiger partial charge on any atom is -0.494 e. The maximum absolute atomic E-state index is 5.58. The smallest absolute Gasteiger partial charge is 0.119 e. The first-order valence-corrected chi connectivity index (χ1v) is 6.32. The maximum atomic E-state index is 5.58. The summed E-state index contributed by atoms with van der Waals surface area (Å²) in [5, 5.41) is 0. The fourth-order valence-electron chi connectivity index (χ4n) is 1.24. The van der Waals surface area contributed by atoms with Crippen LogP contribution < -0.4 is 9.47 Å². The number of halogens is 1. The van der Waals surface area contributed by atoms with Crippen LogP contribution in [0.1, 0.15) is 26.2 Å². The Labute approximate surface area is 103 Å². The number of ether oxygens (including phenoxy) is 2. The third-order valence-electron chi connectivity index (χ3n) is 2.09. The van der Waals surface area contributed by atoms with Gasteiger partial charge in [0.1, 0.15) is 11.5 Å². The molecule has 0 unspecified atom stereocenters. The van der Waals surface area contributed by atoms with Crippen LogP contribution in [0, 0.1) is 0 Å². The van der Waals surface area contributed by atoms with E-state index in [4.69, 9.17) is 21.1 Å². The van der Waals surface area contributed by atoms with Crippen molar-refractivity contribution >= 4 is 11.6 Å². The molecule has 0 fully saturated rings. The molecule has 90 valence electrons. The van der Waals surface area contributed by atoms with E-state index in [9.17, 15) is 0 Å². The van der Waals surface area contributed by atoms with E-state index in [0.717, 1.165) is 44.0 Å². The average Bonchev–Trinajstić information content (AvgIpc) is 2.33. The molecule has 1 aromatic carbocycles. The highest BCUT2D eigenvalue weighted by atomic mass is 35.5. The molecule has 0 N–H and O–H groups in total. The van der Waals surface area contributed by atoms with Crippen LogP contribution in [0.2, 0.25) is 0 Å². The van der Waals surface area contributed by atoms with E-state index in [0.29, 0.717) is 5.88 Å². The van der Waals surface area contributed by atoms with Gasteiger partial charge in [-0.15, -0.1) is 11.6 Å². The van der Waals surface area contributed by atoms with Gasteiger partial charge < -0.3 is 9.47 Å². The minimum atomic E-state index is 0.702. The predicted octanol–water partition coefficient (Wildman–Crippen LogP) is 3.87. The monoisotopic (exact) mass is 242 g/mol. The topological polar surface area (TPSA) is 18.5 Å². The van der Waals surface area contributed by atoms with Crippen LogP contribution in [0.4, 0.5) is 0 Å².